The standard InChI is InChI=1S/C21H17ClN4O2S/c1-13-6-7-14(12-19(13)29(23,27)28)20-17-4-2-3-5-18(17)21(26-25-20)24-16-10-8-15(22)9-11-16/h2-12H,1H3,(H,24,26)(H2,23,27,28). The minimum atomic E-state index is -3.84. The molecule has 146 valence electrons. The third-order valence-corrected chi connectivity index (χ3v) is 5.87. The zero-order valence-corrected chi connectivity index (χ0v) is 17.0. The van der Waals surface area contributed by atoms with Crippen LogP contribution in [-0.4, -0.2) is 18.6 Å². The maximum absolute atomic E-state index is 11.9. The fourth-order valence-electron chi connectivity index (χ4n) is 3.13. The molecule has 0 spiro atoms. The molecule has 0 bridgehead atoms. The number of halogens is 1. The van der Waals surface area contributed by atoms with E-state index in [4.69, 9.17) is 16.7 Å². The van der Waals surface area contributed by atoms with Gasteiger partial charge in [0.15, 0.2) is 5.82 Å². The van der Waals surface area contributed by atoms with Crippen molar-refractivity contribution in [3.05, 3.63) is 77.3 Å². The first-order valence-electron chi connectivity index (χ1n) is 8.75. The molecule has 0 saturated heterocycles. The monoisotopic (exact) mass is 424 g/mol. The van der Waals surface area contributed by atoms with Gasteiger partial charge in [0.25, 0.3) is 0 Å². The van der Waals surface area contributed by atoms with Crippen molar-refractivity contribution in [2.75, 3.05) is 5.32 Å². The fourth-order valence-corrected chi connectivity index (χ4v) is 4.07. The number of sulfonamides is 1. The fraction of sp³-hybridized carbons (Fsp3) is 0.0476. The Morgan fingerprint density at radius 3 is 2.31 bits per heavy atom. The van der Waals surface area contributed by atoms with E-state index in [1.54, 1.807) is 25.1 Å². The van der Waals surface area contributed by atoms with E-state index in [-0.39, 0.29) is 4.90 Å². The molecule has 0 saturated carbocycles. The quantitative estimate of drug-likeness (QED) is 0.497. The Bertz CT molecular complexity index is 1320. The number of anilines is 2. The summed E-state index contributed by atoms with van der Waals surface area (Å²) in [6.45, 7) is 1.70. The number of nitrogens with one attached hydrogen (secondary N) is 1. The Labute approximate surface area is 173 Å². The maximum atomic E-state index is 11.9. The summed E-state index contributed by atoms with van der Waals surface area (Å²) in [7, 11) is -3.84. The molecule has 29 heavy (non-hydrogen) atoms. The van der Waals surface area contributed by atoms with E-state index in [0.717, 1.165) is 16.5 Å². The van der Waals surface area contributed by atoms with Crippen molar-refractivity contribution in [1.29, 1.82) is 0 Å². The third-order valence-electron chi connectivity index (χ3n) is 4.56. The number of nitrogens with two attached hydrogens (primary N) is 1. The van der Waals surface area contributed by atoms with Gasteiger partial charge < -0.3 is 5.32 Å². The molecule has 0 atom stereocenters. The Balaban J connectivity index is 1.85. The second kappa shape index (κ2) is 7.44. The van der Waals surface area contributed by atoms with Gasteiger partial charge >= 0.3 is 0 Å². The molecule has 0 fully saturated rings. The molecule has 3 N–H and O–H groups in total. The lowest BCUT2D eigenvalue weighted by Crippen LogP contribution is -2.13. The summed E-state index contributed by atoms with van der Waals surface area (Å²) in [6, 6.07) is 20.0. The summed E-state index contributed by atoms with van der Waals surface area (Å²) in [5, 5.41) is 19.6. The van der Waals surface area contributed by atoms with Gasteiger partial charge in [-0.2, -0.15) is 0 Å². The van der Waals surface area contributed by atoms with E-state index < -0.39 is 10.0 Å². The average molecular weight is 425 g/mol. The minimum Gasteiger partial charge on any atom is -0.338 e. The highest BCUT2D eigenvalue weighted by molar-refractivity contribution is 7.89. The molecule has 0 amide bonds. The van der Waals surface area contributed by atoms with Crippen molar-refractivity contribution in [1.82, 2.24) is 10.2 Å². The predicted molar refractivity (Wildman–Crippen MR) is 116 cm³/mol. The second-order valence-electron chi connectivity index (χ2n) is 6.60. The average Bonchev–Trinajstić information content (AvgIpc) is 2.70. The molecular weight excluding hydrogens is 408 g/mol. The van der Waals surface area contributed by atoms with E-state index in [1.165, 1.54) is 6.07 Å². The van der Waals surface area contributed by atoms with Gasteiger partial charge in [-0.1, -0.05) is 48.0 Å². The number of aromatic nitrogens is 2. The molecule has 0 aliphatic rings. The normalized spacial score (nSPS) is 11.6. The molecule has 4 rings (SSSR count). The van der Waals surface area contributed by atoms with Crippen LogP contribution in [0.2, 0.25) is 5.02 Å². The molecule has 6 nitrogen and oxygen atoms in total. The highest BCUT2D eigenvalue weighted by Gasteiger charge is 2.16. The van der Waals surface area contributed by atoms with Gasteiger partial charge in [0.2, 0.25) is 10.0 Å². The highest BCUT2D eigenvalue weighted by Crippen LogP contribution is 2.32. The van der Waals surface area contributed by atoms with Gasteiger partial charge in [-0.3, -0.25) is 0 Å². The van der Waals surface area contributed by atoms with Crippen LogP contribution in [0.3, 0.4) is 0 Å². The first-order chi connectivity index (χ1) is 13.8. The zero-order chi connectivity index (χ0) is 20.6. The SMILES string of the molecule is Cc1ccc(-c2nnc(Nc3ccc(Cl)cc3)c3ccccc23)cc1S(N)(=O)=O. The van der Waals surface area contributed by atoms with Crippen LogP contribution in [-0.2, 0) is 10.0 Å². The van der Waals surface area contributed by atoms with Crippen molar-refractivity contribution < 1.29 is 8.42 Å². The van der Waals surface area contributed by atoms with Gasteiger partial charge in [0, 0.05) is 27.0 Å². The number of hydrogen-bond donors (Lipinski definition) is 2. The molecule has 0 aliphatic heterocycles. The summed E-state index contributed by atoms with van der Waals surface area (Å²) in [4.78, 5) is 0.0734. The van der Waals surface area contributed by atoms with Crippen LogP contribution in [0.25, 0.3) is 22.0 Å². The summed E-state index contributed by atoms with van der Waals surface area (Å²) >= 11 is 5.95. The van der Waals surface area contributed by atoms with Gasteiger partial charge in [0.05, 0.1) is 4.90 Å². The molecule has 1 heterocycles. The zero-order valence-electron chi connectivity index (χ0n) is 15.4. The minimum absolute atomic E-state index is 0.0734. The number of benzene rings is 3. The van der Waals surface area contributed by atoms with Crippen LogP contribution >= 0.6 is 11.6 Å². The topological polar surface area (TPSA) is 98.0 Å². The Hall–Kier alpha value is -3.00. The number of fused-ring (bicyclic) bond motifs is 1. The maximum Gasteiger partial charge on any atom is 0.238 e. The number of primary sulfonamides is 1. The molecule has 0 unspecified atom stereocenters. The van der Waals surface area contributed by atoms with Crippen molar-refractivity contribution >= 4 is 43.9 Å². The van der Waals surface area contributed by atoms with E-state index >= 15 is 0 Å². The van der Waals surface area contributed by atoms with Crippen molar-refractivity contribution in [2.24, 2.45) is 5.14 Å². The van der Waals surface area contributed by atoms with E-state index in [2.05, 4.69) is 15.5 Å². The lowest BCUT2D eigenvalue weighted by atomic mass is 10.0. The van der Waals surface area contributed by atoms with E-state index in [0.29, 0.717) is 27.7 Å². The van der Waals surface area contributed by atoms with Crippen molar-refractivity contribution in [3.8, 4) is 11.3 Å². The largest absolute Gasteiger partial charge is 0.338 e. The predicted octanol–water partition coefficient (Wildman–Crippen LogP) is 4.65. The summed E-state index contributed by atoms with van der Waals surface area (Å²) in [5.41, 5.74) is 2.61. The van der Waals surface area contributed by atoms with Gasteiger partial charge in [-0.25, -0.2) is 13.6 Å². The highest BCUT2D eigenvalue weighted by atomic mass is 35.5. The molecule has 8 heteroatoms. The number of rotatable bonds is 4. The summed E-state index contributed by atoms with van der Waals surface area (Å²) in [6.07, 6.45) is 0. The van der Waals surface area contributed by atoms with Gasteiger partial charge in [0.1, 0.15) is 5.69 Å². The van der Waals surface area contributed by atoms with Crippen LogP contribution < -0.4 is 10.5 Å². The molecular formula is C21H17ClN4O2S. The first kappa shape index (κ1) is 19.3. The lowest BCUT2D eigenvalue weighted by Gasteiger charge is -2.12. The Morgan fingerprint density at radius 2 is 1.62 bits per heavy atom. The van der Waals surface area contributed by atoms with Gasteiger partial charge in [-0.05, 0) is 42.8 Å². The number of nitrogens with zero attached hydrogens (tertiary/aromatic N) is 2. The van der Waals surface area contributed by atoms with Crippen LogP contribution in [0, 0.1) is 6.92 Å². The van der Waals surface area contributed by atoms with Crippen molar-refractivity contribution in [3.63, 3.8) is 0 Å². The van der Waals surface area contributed by atoms with Crippen LogP contribution in [0.4, 0.5) is 11.5 Å². The third kappa shape index (κ3) is 3.93. The Morgan fingerprint density at radius 1 is 0.931 bits per heavy atom. The Kier molecular flexibility index (Phi) is 4.96. The van der Waals surface area contributed by atoms with E-state index in [9.17, 15) is 8.42 Å². The van der Waals surface area contributed by atoms with Crippen LogP contribution in [0.5, 0.6) is 0 Å². The van der Waals surface area contributed by atoms with Crippen LogP contribution in [0.15, 0.2) is 71.6 Å². The number of aryl methyl sites for hydroxylation is 1. The molecule has 4 aromatic rings. The van der Waals surface area contributed by atoms with Crippen molar-refractivity contribution in [2.45, 2.75) is 11.8 Å². The molecule has 3 aromatic carbocycles. The second-order valence-corrected chi connectivity index (χ2v) is 8.57. The summed E-state index contributed by atoms with van der Waals surface area (Å²) in [5.74, 6) is 0.588. The number of hydrogen-bond acceptors (Lipinski definition) is 5. The first-order valence-corrected chi connectivity index (χ1v) is 10.7. The smallest absolute Gasteiger partial charge is 0.238 e. The molecule has 0 radical (unpaired) electrons. The van der Waals surface area contributed by atoms with E-state index in [1.807, 2.05) is 42.5 Å². The van der Waals surface area contributed by atoms with Crippen LogP contribution in [0.1, 0.15) is 5.56 Å². The van der Waals surface area contributed by atoms with Gasteiger partial charge in [-0.15, -0.1) is 10.2 Å². The summed E-state index contributed by atoms with van der Waals surface area (Å²) < 4.78 is 23.8. The lowest BCUT2D eigenvalue weighted by molar-refractivity contribution is 0.597. The molecule has 0 aliphatic carbocycles. The molecule has 1 aromatic heterocycles.